The van der Waals surface area contributed by atoms with Gasteiger partial charge in [0, 0.05) is 61.0 Å². The molecule has 1 saturated carbocycles. The molecule has 0 spiro atoms. The van der Waals surface area contributed by atoms with Gasteiger partial charge in [-0.05, 0) is 68.0 Å². The topological polar surface area (TPSA) is 83.0 Å². The van der Waals surface area contributed by atoms with Crippen LogP contribution < -0.4 is 9.64 Å². The second-order valence-corrected chi connectivity index (χ2v) is 12.4. The number of rotatable bonds is 8. The smallest absolute Gasteiger partial charge is 0.243 e. The Morgan fingerprint density at radius 3 is 2.89 bits per heavy atom. The van der Waals surface area contributed by atoms with Gasteiger partial charge < -0.3 is 14.7 Å². The van der Waals surface area contributed by atoms with Crippen molar-refractivity contribution in [2.45, 2.75) is 37.5 Å². The van der Waals surface area contributed by atoms with Gasteiger partial charge in [0.1, 0.15) is 12.4 Å². The van der Waals surface area contributed by atoms with Crippen LogP contribution in [-0.2, 0) is 10.0 Å². The standard InChI is InChI=1S/C28H35N3O4S/c1-21-5-3-7-23(15-21)35-14-13-30(2)26-8-9-27(24-10-12-29-17-25(24)26)36(33,34)31-18-22-6-4-11-28(16-22,19-31)20-32/h3,5,7-10,12,15,17,22,32H,4,6,11,13-14,16,18-20H2,1-2H3. The molecule has 192 valence electrons. The van der Waals surface area contributed by atoms with Crippen LogP contribution in [0.25, 0.3) is 10.8 Å². The van der Waals surface area contributed by atoms with Crippen molar-refractivity contribution < 1.29 is 18.3 Å². The predicted molar refractivity (Wildman–Crippen MR) is 142 cm³/mol. The second-order valence-electron chi connectivity index (χ2n) is 10.5. The Labute approximate surface area is 213 Å². The van der Waals surface area contributed by atoms with Gasteiger partial charge in [-0.1, -0.05) is 18.6 Å². The van der Waals surface area contributed by atoms with Crippen molar-refractivity contribution in [1.82, 2.24) is 9.29 Å². The number of pyridine rings is 1. The van der Waals surface area contributed by atoms with E-state index in [1.54, 1.807) is 28.8 Å². The maximum Gasteiger partial charge on any atom is 0.243 e. The third-order valence-electron chi connectivity index (χ3n) is 7.82. The lowest BCUT2D eigenvalue weighted by atomic mass is 9.68. The third-order valence-corrected chi connectivity index (χ3v) is 9.69. The Kier molecular flexibility index (Phi) is 6.94. The summed E-state index contributed by atoms with van der Waals surface area (Å²) in [6.45, 7) is 4.11. The Hall–Kier alpha value is -2.68. The molecule has 1 aromatic heterocycles. The number of sulfonamides is 1. The maximum absolute atomic E-state index is 13.9. The average Bonchev–Trinajstić information content (AvgIpc) is 2.87. The number of aromatic nitrogens is 1. The van der Waals surface area contributed by atoms with E-state index in [0.717, 1.165) is 48.1 Å². The van der Waals surface area contributed by atoms with Crippen LogP contribution in [0.5, 0.6) is 5.75 Å². The molecule has 7 nitrogen and oxygen atoms in total. The first kappa shape index (κ1) is 25.0. The minimum Gasteiger partial charge on any atom is -0.492 e. The fraction of sp³-hybridized carbons (Fsp3) is 0.464. The number of nitrogens with zero attached hydrogens (tertiary/aromatic N) is 3. The molecule has 1 aliphatic carbocycles. The number of hydrogen-bond donors (Lipinski definition) is 1. The second kappa shape index (κ2) is 10.00. The zero-order valence-corrected chi connectivity index (χ0v) is 21.9. The molecule has 1 N–H and O–H groups in total. The number of aliphatic hydroxyl groups is 1. The van der Waals surface area contributed by atoms with E-state index in [9.17, 15) is 13.5 Å². The number of aryl methyl sites for hydroxylation is 1. The molecule has 1 saturated heterocycles. The van der Waals surface area contributed by atoms with Gasteiger partial charge in [0.05, 0.1) is 11.4 Å². The zero-order valence-electron chi connectivity index (χ0n) is 21.1. The summed E-state index contributed by atoms with van der Waals surface area (Å²) in [5.41, 5.74) is 1.74. The molecule has 2 unspecified atom stereocenters. The Balaban J connectivity index is 1.40. The number of piperidine rings is 1. The van der Waals surface area contributed by atoms with Gasteiger partial charge in [-0.2, -0.15) is 4.31 Å². The van der Waals surface area contributed by atoms with Gasteiger partial charge >= 0.3 is 0 Å². The van der Waals surface area contributed by atoms with E-state index in [-0.39, 0.29) is 12.0 Å². The van der Waals surface area contributed by atoms with Crippen molar-refractivity contribution in [2.24, 2.45) is 11.3 Å². The van der Waals surface area contributed by atoms with Gasteiger partial charge in [0.25, 0.3) is 0 Å². The molecule has 8 heteroatoms. The summed E-state index contributed by atoms with van der Waals surface area (Å²) in [6, 6.07) is 13.3. The largest absolute Gasteiger partial charge is 0.492 e. The maximum atomic E-state index is 13.9. The predicted octanol–water partition coefficient (Wildman–Crippen LogP) is 4.23. The van der Waals surface area contributed by atoms with Crippen molar-refractivity contribution in [3.63, 3.8) is 0 Å². The molecule has 2 bridgehead atoms. The minimum atomic E-state index is -3.73. The lowest BCUT2D eigenvalue weighted by Gasteiger charge is -2.48. The Morgan fingerprint density at radius 2 is 2.08 bits per heavy atom. The van der Waals surface area contributed by atoms with Crippen molar-refractivity contribution in [2.75, 3.05) is 44.8 Å². The monoisotopic (exact) mass is 509 g/mol. The van der Waals surface area contributed by atoms with Crippen LogP contribution in [0.2, 0.25) is 0 Å². The molecule has 5 rings (SSSR count). The number of likely N-dealkylation sites (N-methyl/N-ethyl adjacent to an activating group) is 1. The van der Waals surface area contributed by atoms with Crippen LogP contribution in [0, 0.1) is 18.3 Å². The minimum absolute atomic E-state index is 0.0363. The number of aliphatic hydroxyl groups excluding tert-OH is 1. The van der Waals surface area contributed by atoms with Crippen LogP contribution in [-0.4, -0.2) is 62.7 Å². The van der Waals surface area contributed by atoms with E-state index in [0.29, 0.717) is 42.4 Å². The normalized spacial score (nSPS) is 22.5. The third kappa shape index (κ3) is 4.82. The van der Waals surface area contributed by atoms with Gasteiger partial charge in [-0.3, -0.25) is 4.98 Å². The van der Waals surface area contributed by atoms with E-state index < -0.39 is 10.0 Å². The highest BCUT2D eigenvalue weighted by atomic mass is 32.2. The molecule has 0 amide bonds. The molecular weight excluding hydrogens is 474 g/mol. The van der Waals surface area contributed by atoms with E-state index in [2.05, 4.69) is 9.88 Å². The van der Waals surface area contributed by atoms with Crippen LogP contribution >= 0.6 is 0 Å². The molecule has 2 fully saturated rings. The Morgan fingerprint density at radius 1 is 1.22 bits per heavy atom. The first-order chi connectivity index (χ1) is 17.3. The lowest BCUT2D eigenvalue weighted by molar-refractivity contribution is 0.000792. The summed E-state index contributed by atoms with van der Waals surface area (Å²) >= 11 is 0. The van der Waals surface area contributed by atoms with E-state index >= 15 is 0 Å². The first-order valence-electron chi connectivity index (χ1n) is 12.7. The highest BCUT2D eigenvalue weighted by Crippen LogP contribution is 2.45. The molecule has 2 atom stereocenters. The van der Waals surface area contributed by atoms with Crippen LogP contribution in [0.1, 0.15) is 31.2 Å². The number of fused-ring (bicyclic) bond motifs is 3. The summed E-state index contributed by atoms with van der Waals surface area (Å²) < 4.78 is 35.4. The van der Waals surface area contributed by atoms with E-state index in [1.807, 2.05) is 44.3 Å². The molecule has 36 heavy (non-hydrogen) atoms. The van der Waals surface area contributed by atoms with Gasteiger partial charge in [-0.25, -0.2) is 8.42 Å². The SMILES string of the molecule is Cc1cccc(OCCN(C)c2ccc(S(=O)(=O)N3CC4CCCC(CO)(C4)C3)c3ccncc23)c1. The zero-order chi connectivity index (χ0) is 25.3. The highest BCUT2D eigenvalue weighted by Gasteiger charge is 2.45. The summed E-state index contributed by atoms with van der Waals surface area (Å²) in [5, 5.41) is 11.6. The van der Waals surface area contributed by atoms with Crippen molar-refractivity contribution in [1.29, 1.82) is 0 Å². The molecular formula is C28H35N3O4S. The number of ether oxygens (including phenoxy) is 1. The van der Waals surface area contributed by atoms with Gasteiger partial charge in [-0.15, -0.1) is 0 Å². The molecule has 1 aliphatic heterocycles. The fourth-order valence-corrected chi connectivity index (χ4v) is 7.78. The summed E-state index contributed by atoms with van der Waals surface area (Å²) in [5.74, 6) is 1.14. The molecule has 3 aromatic rings. The Bertz CT molecular complexity index is 1350. The molecule has 2 aromatic carbocycles. The number of benzene rings is 2. The van der Waals surface area contributed by atoms with Crippen molar-refractivity contribution >= 4 is 26.5 Å². The lowest BCUT2D eigenvalue weighted by Crippen LogP contribution is -2.53. The molecule has 0 radical (unpaired) electrons. The summed E-state index contributed by atoms with van der Waals surface area (Å²) in [4.78, 5) is 6.68. The van der Waals surface area contributed by atoms with E-state index in [4.69, 9.17) is 4.74 Å². The fourth-order valence-electron chi connectivity index (χ4n) is 5.96. The van der Waals surface area contributed by atoms with Crippen molar-refractivity contribution in [3.05, 3.63) is 60.4 Å². The summed E-state index contributed by atoms with van der Waals surface area (Å²) in [7, 11) is -1.75. The molecule has 2 aliphatic rings. The average molecular weight is 510 g/mol. The first-order valence-corrected chi connectivity index (χ1v) is 14.1. The van der Waals surface area contributed by atoms with Gasteiger partial charge in [0.15, 0.2) is 0 Å². The van der Waals surface area contributed by atoms with Crippen LogP contribution in [0.3, 0.4) is 0 Å². The van der Waals surface area contributed by atoms with Gasteiger partial charge in [0.2, 0.25) is 10.0 Å². The molecule has 2 heterocycles. The van der Waals surface area contributed by atoms with Crippen LogP contribution in [0.4, 0.5) is 5.69 Å². The van der Waals surface area contributed by atoms with Crippen molar-refractivity contribution in [3.8, 4) is 5.75 Å². The summed E-state index contributed by atoms with van der Waals surface area (Å²) in [6.07, 6.45) is 7.25. The number of hydrogen-bond acceptors (Lipinski definition) is 6. The number of anilines is 1. The quantitative estimate of drug-likeness (QED) is 0.489. The van der Waals surface area contributed by atoms with Crippen LogP contribution in [0.15, 0.2) is 59.8 Å². The highest BCUT2D eigenvalue weighted by molar-refractivity contribution is 7.89. The van der Waals surface area contributed by atoms with E-state index in [1.165, 1.54) is 0 Å².